The summed E-state index contributed by atoms with van der Waals surface area (Å²) in [6.45, 7) is 0.715. The third kappa shape index (κ3) is 3.85. The lowest BCUT2D eigenvalue weighted by molar-refractivity contribution is -0.132. The number of carbonyl (C=O) groups is 1. The second-order valence-corrected chi connectivity index (χ2v) is 7.75. The minimum Gasteiger partial charge on any atom is -0.335 e. The van der Waals surface area contributed by atoms with Crippen LogP contribution in [0.4, 0.5) is 0 Å². The first-order valence-electron chi connectivity index (χ1n) is 9.00. The average molecular weight is 367 g/mol. The van der Waals surface area contributed by atoms with Crippen LogP contribution in [0.15, 0.2) is 46.6 Å². The Hall–Kier alpha value is -2.47. The number of rotatable bonds is 7. The minimum atomic E-state index is -0.116. The molecule has 26 heavy (non-hydrogen) atoms. The van der Waals surface area contributed by atoms with Crippen molar-refractivity contribution < 1.29 is 4.79 Å². The van der Waals surface area contributed by atoms with Crippen LogP contribution in [-0.2, 0) is 17.8 Å². The van der Waals surface area contributed by atoms with Gasteiger partial charge in [0, 0.05) is 23.8 Å². The summed E-state index contributed by atoms with van der Waals surface area (Å²) in [5, 5.41) is 2.65. The van der Waals surface area contributed by atoms with Crippen LogP contribution < -0.4 is 5.56 Å². The molecule has 0 radical (unpaired) electrons. The fraction of sp³-hybridized carbons (Fsp3) is 0.350. The van der Waals surface area contributed by atoms with Crippen LogP contribution in [0, 0.1) is 0 Å². The Morgan fingerprint density at radius 2 is 2.08 bits per heavy atom. The van der Waals surface area contributed by atoms with Gasteiger partial charge < -0.3 is 9.88 Å². The zero-order valence-corrected chi connectivity index (χ0v) is 15.3. The van der Waals surface area contributed by atoms with Crippen molar-refractivity contribution >= 4 is 28.1 Å². The topological polar surface area (TPSA) is 66.1 Å². The van der Waals surface area contributed by atoms with Gasteiger partial charge in [0.15, 0.2) is 0 Å². The number of amides is 1. The predicted molar refractivity (Wildman–Crippen MR) is 103 cm³/mol. The number of aromatic amines is 1. The van der Waals surface area contributed by atoms with Crippen LogP contribution in [0.1, 0.15) is 36.4 Å². The summed E-state index contributed by atoms with van der Waals surface area (Å²) in [4.78, 5) is 35.4. The highest BCUT2D eigenvalue weighted by atomic mass is 32.1. The first kappa shape index (κ1) is 17.0. The molecular weight excluding hydrogens is 346 g/mol. The maximum atomic E-state index is 12.7. The largest absolute Gasteiger partial charge is 0.335 e. The normalized spacial score (nSPS) is 13.8. The van der Waals surface area contributed by atoms with Crippen LogP contribution in [0.2, 0.25) is 0 Å². The van der Waals surface area contributed by atoms with Crippen molar-refractivity contribution in [2.75, 3.05) is 0 Å². The van der Waals surface area contributed by atoms with Crippen molar-refractivity contribution in [3.05, 3.63) is 62.8 Å². The van der Waals surface area contributed by atoms with E-state index in [0.717, 1.165) is 12.8 Å². The molecule has 3 aromatic rings. The highest BCUT2D eigenvalue weighted by Gasteiger charge is 2.32. The Labute approximate surface area is 155 Å². The summed E-state index contributed by atoms with van der Waals surface area (Å²) in [5.41, 5.74) is 0.587. The molecule has 2 heterocycles. The average Bonchev–Trinajstić information content (AvgIpc) is 3.35. The van der Waals surface area contributed by atoms with E-state index < -0.39 is 0 Å². The molecule has 0 unspecified atom stereocenters. The SMILES string of the molecule is O=C(CCCc1nc2ccccc2c(=O)[nH]1)N(Cc1cccs1)C1CC1. The first-order chi connectivity index (χ1) is 12.7. The summed E-state index contributed by atoms with van der Waals surface area (Å²) in [6, 6.07) is 11.8. The number of aryl methyl sites for hydroxylation is 1. The van der Waals surface area contributed by atoms with Gasteiger partial charge in [-0.3, -0.25) is 9.59 Å². The van der Waals surface area contributed by atoms with Crippen LogP contribution >= 0.6 is 11.3 Å². The lowest BCUT2D eigenvalue weighted by Gasteiger charge is -2.21. The predicted octanol–water partition coefficient (Wildman–Crippen LogP) is 3.50. The van der Waals surface area contributed by atoms with E-state index in [0.29, 0.717) is 48.6 Å². The van der Waals surface area contributed by atoms with E-state index >= 15 is 0 Å². The van der Waals surface area contributed by atoms with Gasteiger partial charge in [0.1, 0.15) is 5.82 Å². The fourth-order valence-electron chi connectivity index (χ4n) is 3.18. The molecule has 0 aliphatic heterocycles. The number of fused-ring (bicyclic) bond motifs is 1. The smallest absolute Gasteiger partial charge is 0.258 e. The first-order valence-corrected chi connectivity index (χ1v) is 9.88. The fourth-order valence-corrected chi connectivity index (χ4v) is 3.88. The van der Waals surface area contributed by atoms with Crippen molar-refractivity contribution in [1.29, 1.82) is 0 Å². The summed E-state index contributed by atoms with van der Waals surface area (Å²) in [7, 11) is 0. The second kappa shape index (κ2) is 7.41. The number of nitrogens with zero attached hydrogens (tertiary/aromatic N) is 2. The number of H-pyrrole nitrogens is 1. The van der Waals surface area contributed by atoms with Crippen molar-refractivity contribution in [2.24, 2.45) is 0 Å². The molecule has 5 nitrogen and oxygen atoms in total. The summed E-state index contributed by atoms with van der Waals surface area (Å²) in [6.07, 6.45) is 3.99. The Kier molecular flexibility index (Phi) is 4.84. The lowest BCUT2D eigenvalue weighted by Crippen LogP contribution is -2.32. The third-order valence-electron chi connectivity index (χ3n) is 4.68. The number of aromatic nitrogens is 2. The van der Waals surface area contributed by atoms with Gasteiger partial charge in [-0.05, 0) is 42.8 Å². The van der Waals surface area contributed by atoms with Crippen LogP contribution in [-0.4, -0.2) is 26.8 Å². The molecule has 0 atom stereocenters. The zero-order chi connectivity index (χ0) is 17.9. The van der Waals surface area contributed by atoms with Crippen LogP contribution in [0.5, 0.6) is 0 Å². The molecule has 2 aromatic heterocycles. The van der Waals surface area contributed by atoms with Gasteiger partial charge in [-0.25, -0.2) is 4.98 Å². The molecule has 1 N–H and O–H groups in total. The molecular formula is C20H21N3O2S. The van der Waals surface area contributed by atoms with Gasteiger partial charge in [0.25, 0.3) is 5.56 Å². The van der Waals surface area contributed by atoms with Crippen molar-refractivity contribution in [1.82, 2.24) is 14.9 Å². The highest BCUT2D eigenvalue weighted by Crippen LogP contribution is 2.30. The Balaban J connectivity index is 1.37. The van der Waals surface area contributed by atoms with Crippen molar-refractivity contribution in [3.8, 4) is 0 Å². The molecule has 1 amide bonds. The number of nitrogens with one attached hydrogen (secondary N) is 1. The second-order valence-electron chi connectivity index (χ2n) is 6.72. The van der Waals surface area contributed by atoms with Gasteiger partial charge in [0.2, 0.25) is 5.91 Å². The van der Waals surface area contributed by atoms with Gasteiger partial charge in [-0.2, -0.15) is 0 Å². The summed E-state index contributed by atoms with van der Waals surface area (Å²) in [5.74, 6) is 0.849. The number of hydrogen-bond acceptors (Lipinski definition) is 4. The van der Waals surface area contributed by atoms with Crippen LogP contribution in [0.25, 0.3) is 10.9 Å². The van der Waals surface area contributed by atoms with E-state index in [-0.39, 0.29) is 11.5 Å². The number of thiophene rings is 1. The Morgan fingerprint density at radius 1 is 1.23 bits per heavy atom. The molecule has 6 heteroatoms. The molecule has 0 bridgehead atoms. The minimum absolute atomic E-state index is 0.116. The Morgan fingerprint density at radius 3 is 2.85 bits per heavy atom. The van der Waals surface area contributed by atoms with E-state index in [2.05, 4.69) is 16.0 Å². The van der Waals surface area contributed by atoms with Crippen LogP contribution in [0.3, 0.4) is 0 Å². The standard InChI is InChI=1S/C20H21N3O2S/c24-19(23(14-10-11-14)13-15-5-4-12-26-15)9-3-8-18-21-17-7-2-1-6-16(17)20(25)22-18/h1-2,4-7,12,14H,3,8-11,13H2,(H,21,22,25). The van der Waals surface area contributed by atoms with Gasteiger partial charge in [0.05, 0.1) is 17.4 Å². The molecule has 1 saturated carbocycles. The number of para-hydroxylation sites is 1. The van der Waals surface area contributed by atoms with Crippen molar-refractivity contribution in [3.63, 3.8) is 0 Å². The van der Waals surface area contributed by atoms with Gasteiger partial charge >= 0.3 is 0 Å². The monoisotopic (exact) mass is 367 g/mol. The molecule has 1 aliphatic rings. The van der Waals surface area contributed by atoms with Crippen molar-refractivity contribution in [2.45, 2.75) is 44.7 Å². The molecule has 4 rings (SSSR count). The zero-order valence-electron chi connectivity index (χ0n) is 14.5. The third-order valence-corrected chi connectivity index (χ3v) is 5.54. The maximum absolute atomic E-state index is 12.7. The summed E-state index contributed by atoms with van der Waals surface area (Å²) >= 11 is 1.69. The van der Waals surface area contributed by atoms with Gasteiger partial charge in [-0.1, -0.05) is 18.2 Å². The van der Waals surface area contributed by atoms with E-state index in [1.807, 2.05) is 34.5 Å². The molecule has 1 aliphatic carbocycles. The van der Waals surface area contributed by atoms with E-state index in [1.165, 1.54) is 4.88 Å². The molecule has 0 saturated heterocycles. The Bertz CT molecular complexity index is 961. The van der Waals surface area contributed by atoms with Gasteiger partial charge in [-0.15, -0.1) is 11.3 Å². The maximum Gasteiger partial charge on any atom is 0.258 e. The molecule has 134 valence electrons. The number of hydrogen-bond donors (Lipinski definition) is 1. The lowest BCUT2D eigenvalue weighted by atomic mass is 10.2. The summed E-state index contributed by atoms with van der Waals surface area (Å²) < 4.78 is 0. The number of carbonyl (C=O) groups excluding carboxylic acids is 1. The highest BCUT2D eigenvalue weighted by molar-refractivity contribution is 7.09. The molecule has 1 fully saturated rings. The molecule has 1 aromatic carbocycles. The van der Waals surface area contributed by atoms with E-state index in [1.54, 1.807) is 17.4 Å². The number of benzene rings is 1. The van der Waals surface area contributed by atoms with E-state index in [4.69, 9.17) is 0 Å². The quantitative estimate of drug-likeness (QED) is 0.695. The molecule has 0 spiro atoms. The van der Waals surface area contributed by atoms with E-state index in [9.17, 15) is 9.59 Å².